The molecule has 0 amide bonds. The maximum absolute atomic E-state index is 9.74. The molecule has 0 aliphatic carbocycles. The highest BCUT2D eigenvalue weighted by molar-refractivity contribution is 6.37. The molecule has 1 saturated heterocycles. The number of methoxy groups -OCH3 is 1. The molecule has 1 fully saturated rings. The van der Waals surface area contributed by atoms with Gasteiger partial charge in [-0.15, -0.1) is 0 Å². The summed E-state index contributed by atoms with van der Waals surface area (Å²) >= 11 is 12.6. The Morgan fingerprint density at radius 2 is 1.89 bits per heavy atom. The Balaban J connectivity index is 1.49. The van der Waals surface area contributed by atoms with E-state index in [4.69, 9.17) is 32.7 Å². The Kier molecular flexibility index (Phi) is 7.21. The van der Waals surface area contributed by atoms with E-state index in [1.807, 2.05) is 30.6 Å². The lowest BCUT2D eigenvalue weighted by Crippen LogP contribution is -2.35. The van der Waals surface area contributed by atoms with Gasteiger partial charge in [0.1, 0.15) is 11.8 Å². The Morgan fingerprint density at radius 3 is 2.67 bits per heavy atom. The molecule has 0 radical (unpaired) electrons. The number of benzene rings is 2. The summed E-state index contributed by atoms with van der Waals surface area (Å²) in [6, 6.07) is 13.6. The van der Waals surface area contributed by atoms with E-state index in [2.05, 4.69) is 32.3 Å². The van der Waals surface area contributed by atoms with Crippen LogP contribution in [0.5, 0.6) is 5.75 Å². The maximum atomic E-state index is 9.74. The zero-order valence-electron chi connectivity index (χ0n) is 19.6. The zero-order chi connectivity index (χ0) is 25.1. The lowest BCUT2D eigenvalue weighted by Gasteiger charge is -2.26. The van der Waals surface area contributed by atoms with E-state index >= 15 is 0 Å². The fourth-order valence-corrected chi connectivity index (χ4v) is 4.77. The second kappa shape index (κ2) is 10.7. The smallest absolute Gasteiger partial charge is 0.139 e. The van der Waals surface area contributed by atoms with Gasteiger partial charge in [0.05, 0.1) is 52.8 Å². The molecule has 0 saturated carbocycles. The van der Waals surface area contributed by atoms with Gasteiger partial charge in [0.15, 0.2) is 0 Å². The first-order valence-corrected chi connectivity index (χ1v) is 12.2. The molecule has 2 aromatic heterocycles. The number of nitriles is 1. The van der Waals surface area contributed by atoms with Crippen molar-refractivity contribution < 1.29 is 9.47 Å². The summed E-state index contributed by atoms with van der Waals surface area (Å²) in [6.07, 6.45) is 5.32. The highest BCUT2D eigenvalue weighted by Crippen LogP contribution is 2.38. The van der Waals surface area contributed by atoms with Gasteiger partial charge in [-0.3, -0.25) is 14.9 Å². The van der Waals surface area contributed by atoms with Crippen molar-refractivity contribution >= 4 is 45.5 Å². The molecule has 0 spiro atoms. The molecule has 5 rings (SSSR count). The van der Waals surface area contributed by atoms with Gasteiger partial charge in [-0.05, 0) is 29.3 Å². The van der Waals surface area contributed by atoms with E-state index < -0.39 is 0 Å². The number of aromatic nitrogens is 2. The first-order chi connectivity index (χ1) is 17.6. The van der Waals surface area contributed by atoms with Crippen molar-refractivity contribution in [1.29, 1.82) is 5.26 Å². The van der Waals surface area contributed by atoms with Crippen LogP contribution in [0.4, 0.5) is 11.4 Å². The topological polar surface area (TPSA) is 83.3 Å². The molecular weight excluding hydrogens is 497 g/mol. The van der Waals surface area contributed by atoms with Crippen molar-refractivity contribution in [2.45, 2.75) is 6.54 Å². The molecule has 4 aromatic rings. The van der Waals surface area contributed by atoms with Crippen LogP contribution >= 0.6 is 23.2 Å². The van der Waals surface area contributed by atoms with Crippen LogP contribution in [0.2, 0.25) is 10.0 Å². The van der Waals surface area contributed by atoms with Crippen molar-refractivity contribution in [3.63, 3.8) is 0 Å². The number of fused-ring (bicyclic) bond motifs is 1. The minimum absolute atomic E-state index is 0.398. The van der Waals surface area contributed by atoms with Gasteiger partial charge in [-0.2, -0.15) is 5.26 Å². The second-order valence-corrected chi connectivity index (χ2v) is 9.27. The zero-order valence-corrected chi connectivity index (χ0v) is 21.1. The molecule has 0 bridgehead atoms. The van der Waals surface area contributed by atoms with Crippen LogP contribution in [0.25, 0.3) is 22.0 Å². The van der Waals surface area contributed by atoms with Crippen LogP contribution in [0.15, 0.2) is 55.0 Å². The van der Waals surface area contributed by atoms with Gasteiger partial charge < -0.3 is 14.8 Å². The molecular formula is C27H23Cl2N5O2. The number of nitrogens with zero attached hydrogens (tertiary/aromatic N) is 4. The first-order valence-electron chi connectivity index (χ1n) is 11.4. The minimum atomic E-state index is 0.398. The van der Waals surface area contributed by atoms with E-state index in [-0.39, 0.29) is 0 Å². The van der Waals surface area contributed by atoms with Gasteiger partial charge in [0.2, 0.25) is 0 Å². The van der Waals surface area contributed by atoms with E-state index in [1.165, 1.54) is 7.11 Å². The fourth-order valence-electron chi connectivity index (χ4n) is 4.26. The Bertz CT molecular complexity index is 1470. The number of hydrogen-bond donors (Lipinski definition) is 1. The van der Waals surface area contributed by atoms with Crippen molar-refractivity contribution in [2.24, 2.45) is 0 Å². The molecule has 2 aromatic carbocycles. The summed E-state index contributed by atoms with van der Waals surface area (Å²) in [6.45, 7) is 4.20. The predicted octanol–water partition coefficient (Wildman–Crippen LogP) is 6.06. The van der Waals surface area contributed by atoms with Crippen molar-refractivity contribution in [3.05, 3.63) is 76.2 Å². The average molecular weight is 520 g/mol. The summed E-state index contributed by atoms with van der Waals surface area (Å²) in [5.41, 5.74) is 5.47. The van der Waals surface area contributed by atoms with Gasteiger partial charge in [-0.1, -0.05) is 35.3 Å². The maximum Gasteiger partial charge on any atom is 0.139 e. The highest BCUT2D eigenvalue weighted by atomic mass is 35.5. The molecule has 9 heteroatoms. The van der Waals surface area contributed by atoms with E-state index in [1.54, 1.807) is 18.3 Å². The number of ether oxygens (including phenoxy) is 2. The second-order valence-electron chi connectivity index (χ2n) is 8.45. The number of anilines is 2. The number of rotatable bonds is 6. The largest absolute Gasteiger partial charge is 0.495 e. The van der Waals surface area contributed by atoms with Crippen LogP contribution in [-0.2, 0) is 11.3 Å². The van der Waals surface area contributed by atoms with Crippen molar-refractivity contribution in [2.75, 3.05) is 38.7 Å². The Hall–Kier alpha value is -3.41. The first kappa shape index (κ1) is 24.3. The van der Waals surface area contributed by atoms with Crippen LogP contribution in [0.3, 0.4) is 0 Å². The van der Waals surface area contributed by atoms with Crippen LogP contribution in [0.1, 0.15) is 11.1 Å². The summed E-state index contributed by atoms with van der Waals surface area (Å²) in [7, 11) is 1.54. The third-order valence-corrected chi connectivity index (χ3v) is 6.74. The molecule has 7 nitrogen and oxygen atoms in total. The van der Waals surface area contributed by atoms with Gasteiger partial charge in [0.25, 0.3) is 0 Å². The normalized spacial score (nSPS) is 13.9. The molecule has 182 valence electrons. The summed E-state index contributed by atoms with van der Waals surface area (Å²) in [5, 5.41) is 14.6. The van der Waals surface area contributed by atoms with E-state index in [0.29, 0.717) is 32.7 Å². The number of hydrogen-bond acceptors (Lipinski definition) is 7. The molecule has 3 heterocycles. The quantitative estimate of drug-likeness (QED) is 0.331. The van der Waals surface area contributed by atoms with E-state index in [9.17, 15) is 5.26 Å². The molecule has 1 N–H and O–H groups in total. The third-order valence-electron chi connectivity index (χ3n) is 6.13. The van der Waals surface area contributed by atoms with Crippen LogP contribution in [-0.4, -0.2) is 48.3 Å². The molecule has 1 aliphatic heterocycles. The fraction of sp³-hybridized carbons (Fsp3) is 0.222. The summed E-state index contributed by atoms with van der Waals surface area (Å²) in [5.74, 6) is 0.479. The summed E-state index contributed by atoms with van der Waals surface area (Å²) < 4.78 is 10.8. The van der Waals surface area contributed by atoms with Gasteiger partial charge in [-0.25, -0.2) is 0 Å². The average Bonchev–Trinajstić information content (AvgIpc) is 2.90. The molecule has 1 aliphatic rings. The van der Waals surface area contributed by atoms with Gasteiger partial charge in [0, 0.05) is 55.2 Å². The monoisotopic (exact) mass is 519 g/mol. The van der Waals surface area contributed by atoms with Crippen LogP contribution < -0.4 is 10.1 Å². The van der Waals surface area contributed by atoms with Gasteiger partial charge >= 0.3 is 0 Å². The van der Waals surface area contributed by atoms with Crippen LogP contribution in [0, 0.1) is 11.3 Å². The highest BCUT2D eigenvalue weighted by Gasteiger charge is 2.15. The SMILES string of the molecule is COc1cc(Nc2c(C#N)cnc3cc(-c4cncc(CN5CCOCC5)c4)ccc23)c(Cl)cc1Cl. The molecule has 0 atom stereocenters. The lowest BCUT2D eigenvalue weighted by molar-refractivity contribution is 0.0341. The molecule has 36 heavy (non-hydrogen) atoms. The standard InChI is InChI=1S/C27H23Cl2N5O2/c1-35-26-11-25(22(28)10-23(26)29)33-27-20(12-30)15-32-24-9-18(2-3-21(24)27)19-8-17(13-31-14-19)16-34-4-6-36-7-5-34/h2-3,8-11,13-15H,4-7,16H2,1H3,(H,32,33). The predicted molar refractivity (Wildman–Crippen MR) is 142 cm³/mol. The van der Waals surface area contributed by atoms with Crippen molar-refractivity contribution in [3.8, 4) is 22.9 Å². The summed E-state index contributed by atoms with van der Waals surface area (Å²) in [4.78, 5) is 11.4. The number of halogens is 2. The lowest BCUT2D eigenvalue weighted by atomic mass is 10.0. The number of pyridine rings is 2. The third kappa shape index (κ3) is 5.08. The Morgan fingerprint density at radius 1 is 1.06 bits per heavy atom. The van der Waals surface area contributed by atoms with Crippen molar-refractivity contribution in [1.82, 2.24) is 14.9 Å². The number of nitrogens with one attached hydrogen (secondary N) is 1. The van der Waals surface area contributed by atoms with E-state index in [0.717, 1.165) is 60.4 Å². The molecule has 0 unspecified atom stereocenters. The number of morpholine rings is 1. The Labute approximate surface area is 219 Å². The minimum Gasteiger partial charge on any atom is -0.495 e.